The fraction of sp³-hybridized carbons (Fsp3) is 0.429. The van der Waals surface area contributed by atoms with E-state index in [1.165, 1.54) is 17.4 Å². The molecule has 1 aromatic carbocycles. The minimum absolute atomic E-state index is 0.00208. The van der Waals surface area contributed by atoms with Gasteiger partial charge in [0, 0.05) is 50.6 Å². The molecule has 4 heterocycles. The Morgan fingerprint density at radius 2 is 1.87 bits per heavy atom. The van der Waals surface area contributed by atoms with E-state index in [4.69, 9.17) is 17.0 Å². The van der Waals surface area contributed by atoms with Crippen LogP contribution in [0.1, 0.15) is 36.5 Å². The summed E-state index contributed by atoms with van der Waals surface area (Å²) in [5.41, 5.74) is 2.31. The molecule has 1 atom stereocenters. The smallest absolute Gasteiger partial charge is 0.270 e. The average molecular weight is 550 g/mol. The summed E-state index contributed by atoms with van der Waals surface area (Å²) in [6, 6.07) is 12.4. The maximum atomic E-state index is 13.4. The Labute approximate surface area is 232 Å². The first-order chi connectivity index (χ1) is 18.4. The van der Waals surface area contributed by atoms with Crippen molar-refractivity contribution in [1.29, 1.82) is 5.26 Å². The third kappa shape index (κ3) is 4.98. The van der Waals surface area contributed by atoms with Gasteiger partial charge in [-0.3, -0.25) is 19.1 Å². The number of rotatable bonds is 6. The molecule has 8 nitrogen and oxygen atoms in total. The molecule has 10 heteroatoms. The predicted molar refractivity (Wildman–Crippen MR) is 156 cm³/mol. The number of nitrogens with zero attached hydrogens (tertiary/aromatic N) is 5. The van der Waals surface area contributed by atoms with E-state index in [0.29, 0.717) is 47.6 Å². The second-order valence-electron chi connectivity index (χ2n) is 9.64. The molecule has 38 heavy (non-hydrogen) atoms. The molecule has 0 bridgehead atoms. The van der Waals surface area contributed by atoms with Crippen molar-refractivity contribution >= 4 is 51.8 Å². The minimum Gasteiger partial charge on any atom is -0.376 e. The molecular formula is C28H31N5O3S2. The molecule has 3 fully saturated rings. The summed E-state index contributed by atoms with van der Waals surface area (Å²) >= 11 is 6.83. The van der Waals surface area contributed by atoms with Crippen LogP contribution in [-0.4, -0.2) is 65.1 Å². The molecule has 0 aliphatic carbocycles. The van der Waals surface area contributed by atoms with Crippen LogP contribution in [0, 0.1) is 18.3 Å². The molecule has 3 aliphatic heterocycles. The van der Waals surface area contributed by atoms with Crippen molar-refractivity contribution in [2.75, 3.05) is 49.1 Å². The van der Waals surface area contributed by atoms with Gasteiger partial charge < -0.3 is 14.5 Å². The van der Waals surface area contributed by atoms with Crippen molar-refractivity contribution in [1.82, 2.24) is 9.47 Å². The minimum atomic E-state index is -0.295. The number of pyridine rings is 1. The lowest BCUT2D eigenvalue weighted by atomic mass is 10.0. The van der Waals surface area contributed by atoms with E-state index in [1.54, 1.807) is 16.4 Å². The number of carbonyl (C=O) groups excluding carboxylic acids is 1. The van der Waals surface area contributed by atoms with E-state index in [1.807, 2.05) is 31.2 Å². The second-order valence-corrected chi connectivity index (χ2v) is 11.3. The van der Waals surface area contributed by atoms with E-state index >= 15 is 0 Å². The number of piperazine rings is 1. The van der Waals surface area contributed by atoms with Crippen molar-refractivity contribution in [3.63, 3.8) is 0 Å². The summed E-state index contributed by atoms with van der Waals surface area (Å²) in [6.45, 7) is 8.30. The Balaban J connectivity index is 1.51. The maximum Gasteiger partial charge on any atom is 0.270 e. The molecule has 0 radical (unpaired) electrons. The lowest BCUT2D eigenvalue weighted by molar-refractivity contribution is -0.123. The van der Waals surface area contributed by atoms with Crippen molar-refractivity contribution in [2.45, 2.75) is 39.3 Å². The highest BCUT2D eigenvalue weighted by molar-refractivity contribution is 8.26. The van der Waals surface area contributed by atoms with E-state index in [2.05, 4.69) is 28.0 Å². The topological polar surface area (TPSA) is 81.8 Å². The zero-order valence-electron chi connectivity index (χ0n) is 21.7. The first-order valence-electron chi connectivity index (χ1n) is 13.0. The molecule has 3 aliphatic rings. The van der Waals surface area contributed by atoms with Gasteiger partial charge in [-0.25, -0.2) is 0 Å². The molecule has 3 saturated heterocycles. The fourth-order valence-electron chi connectivity index (χ4n) is 5.37. The van der Waals surface area contributed by atoms with Crippen LogP contribution in [0.3, 0.4) is 0 Å². The molecule has 1 unspecified atom stereocenters. The first kappa shape index (κ1) is 26.5. The maximum absolute atomic E-state index is 13.4. The largest absolute Gasteiger partial charge is 0.376 e. The number of hydrogen-bond acceptors (Lipinski definition) is 8. The van der Waals surface area contributed by atoms with Gasteiger partial charge >= 0.3 is 0 Å². The van der Waals surface area contributed by atoms with E-state index in [0.717, 1.165) is 37.3 Å². The Morgan fingerprint density at radius 1 is 1.16 bits per heavy atom. The monoisotopic (exact) mass is 549 g/mol. The number of thiocarbonyl (C=S) groups is 1. The Morgan fingerprint density at radius 3 is 2.50 bits per heavy atom. The van der Waals surface area contributed by atoms with E-state index in [9.17, 15) is 14.9 Å². The van der Waals surface area contributed by atoms with Gasteiger partial charge in [-0.2, -0.15) is 5.26 Å². The number of anilines is 2. The predicted octanol–water partition coefficient (Wildman–Crippen LogP) is 3.76. The van der Waals surface area contributed by atoms with Gasteiger partial charge in [-0.05, 0) is 50.5 Å². The third-order valence-electron chi connectivity index (χ3n) is 7.42. The van der Waals surface area contributed by atoms with Crippen molar-refractivity contribution < 1.29 is 9.53 Å². The molecule has 2 aromatic rings. The van der Waals surface area contributed by atoms with Gasteiger partial charge in [0.1, 0.15) is 21.8 Å². The fourth-order valence-corrected chi connectivity index (χ4v) is 6.63. The third-order valence-corrected chi connectivity index (χ3v) is 8.80. The highest BCUT2D eigenvalue weighted by Crippen LogP contribution is 2.37. The summed E-state index contributed by atoms with van der Waals surface area (Å²) in [7, 11) is 0. The summed E-state index contributed by atoms with van der Waals surface area (Å²) < 4.78 is 7.91. The Bertz CT molecular complexity index is 1370. The average Bonchev–Trinajstić information content (AvgIpc) is 3.55. The normalized spacial score (nSPS) is 21.0. The number of carbonyl (C=O) groups is 1. The number of benzene rings is 1. The Kier molecular flexibility index (Phi) is 7.88. The second kappa shape index (κ2) is 11.3. The van der Waals surface area contributed by atoms with Crippen LogP contribution in [-0.2, 0) is 16.1 Å². The zero-order chi connectivity index (χ0) is 26.8. The SMILES string of the molecule is CCn1c(N2CCN(c3ccccc3)CC2)c(/C=C2/SC(=S)N(CC3CCCO3)C2=O)c(C)c(C#N)c1=O. The van der Waals surface area contributed by atoms with Gasteiger partial charge in [-0.15, -0.1) is 0 Å². The van der Waals surface area contributed by atoms with Crippen LogP contribution in [0.2, 0.25) is 0 Å². The molecular weight excluding hydrogens is 518 g/mol. The molecule has 0 saturated carbocycles. The van der Waals surface area contributed by atoms with Gasteiger partial charge in [-0.1, -0.05) is 42.2 Å². The number of thioether (sulfide) groups is 1. The number of ether oxygens (including phenoxy) is 1. The van der Waals surface area contributed by atoms with Crippen LogP contribution in [0.25, 0.3) is 6.08 Å². The highest BCUT2D eigenvalue weighted by Gasteiger charge is 2.35. The van der Waals surface area contributed by atoms with Crippen LogP contribution in [0.15, 0.2) is 40.0 Å². The number of hydrogen-bond donors (Lipinski definition) is 0. The Hall–Kier alpha value is -3.13. The highest BCUT2D eigenvalue weighted by atomic mass is 32.2. The van der Waals surface area contributed by atoms with Gasteiger partial charge in [0.25, 0.3) is 11.5 Å². The standard InChI is InChI=1S/C28H31N5O3S2/c1-3-32-25(31-13-11-30(12-14-31)20-8-5-4-6-9-20)22(19(2)23(17-29)26(32)34)16-24-27(35)33(28(37)38-24)18-21-10-7-15-36-21/h4-6,8-9,16,21H,3,7,10-15,18H2,1-2H3/b24-16+. The summed E-state index contributed by atoms with van der Waals surface area (Å²) in [6.07, 6.45) is 3.74. The van der Waals surface area contributed by atoms with Crippen molar-refractivity contribution in [3.8, 4) is 6.07 Å². The number of para-hydroxylation sites is 1. The van der Waals surface area contributed by atoms with Crippen LogP contribution >= 0.6 is 24.0 Å². The number of amides is 1. The quantitative estimate of drug-likeness (QED) is 0.398. The first-order valence-corrected chi connectivity index (χ1v) is 14.2. The summed E-state index contributed by atoms with van der Waals surface area (Å²) in [5.74, 6) is 0.605. The van der Waals surface area contributed by atoms with Crippen molar-refractivity contribution in [2.24, 2.45) is 0 Å². The number of nitriles is 1. The molecule has 198 valence electrons. The van der Waals surface area contributed by atoms with E-state index in [-0.39, 0.29) is 23.1 Å². The van der Waals surface area contributed by atoms with Crippen LogP contribution < -0.4 is 15.4 Å². The van der Waals surface area contributed by atoms with Crippen LogP contribution in [0.4, 0.5) is 11.5 Å². The molecule has 0 N–H and O–H groups in total. The van der Waals surface area contributed by atoms with Crippen molar-refractivity contribution in [3.05, 3.63) is 62.3 Å². The molecule has 1 aromatic heterocycles. The molecule has 1 amide bonds. The molecule has 5 rings (SSSR count). The van der Waals surface area contributed by atoms with E-state index < -0.39 is 0 Å². The van der Waals surface area contributed by atoms with Gasteiger partial charge in [0.2, 0.25) is 0 Å². The molecule has 0 spiro atoms. The van der Waals surface area contributed by atoms with Gasteiger partial charge in [0.15, 0.2) is 0 Å². The summed E-state index contributed by atoms with van der Waals surface area (Å²) in [5, 5.41) is 9.84. The zero-order valence-corrected chi connectivity index (χ0v) is 23.3. The lowest BCUT2D eigenvalue weighted by Crippen LogP contribution is -2.48. The lowest BCUT2D eigenvalue weighted by Gasteiger charge is -2.39. The number of aromatic nitrogens is 1. The summed E-state index contributed by atoms with van der Waals surface area (Å²) in [4.78, 5) is 33.4. The van der Waals surface area contributed by atoms with Gasteiger partial charge in [0.05, 0.1) is 17.6 Å². The van der Waals surface area contributed by atoms with Crippen LogP contribution in [0.5, 0.6) is 0 Å².